The number of benzene rings is 1. The van der Waals surface area contributed by atoms with E-state index in [9.17, 15) is 22.8 Å². The fourth-order valence-electron chi connectivity index (χ4n) is 1.91. The van der Waals surface area contributed by atoms with Crippen molar-refractivity contribution >= 4 is 11.6 Å². The number of nitrogens with one attached hydrogen (secondary N) is 1. The Kier molecular flexibility index (Phi) is 3.95. The van der Waals surface area contributed by atoms with Crippen LogP contribution in [0.4, 0.5) is 13.2 Å². The van der Waals surface area contributed by atoms with Gasteiger partial charge in [0, 0.05) is 0 Å². The summed E-state index contributed by atoms with van der Waals surface area (Å²) in [4.78, 5) is 26.3. The minimum atomic E-state index is -4.56. The maximum Gasteiger partial charge on any atom is 0.416 e. The highest BCUT2D eigenvalue weighted by molar-refractivity contribution is 6.30. The Bertz CT molecular complexity index is 793. The van der Waals surface area contributed by atoms with Crippen LogP contribution in [-0.4, -0.2) is 9.55 Å². The second kappa shape index (κ2) is 5.40. The molecule has 0 saturated carbocycles. The fourth-order valence-corrected chi connectivity index (χ4v) is 2.20. The Hall–Kier alpha value is -2.02. The van der Waals surface area contributed by atoms with E-state index in [1.807, 2.05) is 0 Å². The molecule has 21 heavy (non-hydrogen) atoms. The first-order chi connectivity index (χ1) is 9.75. The summed E-state index contributed by atoms with van der Waals surface area (Å²) in [6.45, 7) is 1.65. The van der Waals surface area contributed by atoms with E-state index in [1.165, 1.54) is 6.07 Å². The number of halogens is 4. The van der Waals surface area contributed by atoms with Gasteiger partial charge in [-0.3, -0.25) is 9.78 Å². The Labute approximate surface area is 121 Å². The topological polar surface area (TPSA) is 54.9 Å². The van der Waals surface area contributed by atoms with Crippen molar-refractivity contribution in [2.75, 3.05) is 0 Å². The number of hydrogen-bond acceptors (Lipinski definition) is 2. The predicted molar refractivity (Wildman–Crippen MR) is 72.0 cm³/mol. The predicted octanol–water partition coefficient (Wildman–Crippen LogP) is 2.76. The zero-order valence-electron chi connectivity index (χ0n) is 10.8. The lowest BCUT2D eigenvalue weighted by molar-refractivity contribution is -0.137. The van der Waals surface area contributed by atoms with Gasteiger partial charge in [0.05, 0.1) is 16.8 Å². The van der Waals surface area contributed by atoms with Gasteiger partial charge in [-0.2, -0.15) is 13.2 Å². The molecule has 2 aromatic rings. The summed E-state index contributed by atoms with van der Waals surface area (Å²) in [7, 11) is 0. The zero-order chi connectivity index (χ0) is 15.8. The van der Waals surface area contributed by atoms with Crippen molar-refractivity contribution in [2.45, 2.75) is 19.5 Å². The second-order valence-electron chi connectivity index (χ2n) is 4.26. The maximum absolute atomic E-state index is 12.7. The molecule has 0 aliphatic rings. The van der Waals surface area contributed by atoms with Crippen LogP contribution < -0.4 is 11.2 Å². The van der Waals surface area contributed by atoms with Crippen LogP contribution in [0, 0.1) is 0 Å². The van der Waals surface area contributed by atoms with Gasteiger partial charge < -0.3 is 0 Å². The van der Waals surface area contributed by atoms with Crippen LogP contribution in [0.15, 0.2) is 33.9 Å². The summed E-state index contributed by atoms with van der Waals surface area (Å²) >= 11 is 5.75. The van der Waals surface area contributed by atoms with E-state index in [1.54, 1.807) is 6.92 Å². The third-order valence-electron chi connectivity index (χ3n) is 2.93. The molecule has 112 valence electrons. The highest BCUT2D eigenvalue weighted by Crippen LogP contribution is 2.29. The van der Waals surface area contributed by atoms with E-state index in [4.69, 9.17) is 11.6 Å². The number of rotatable bonds is 2. The summed E-state index contributed by atoms with van der Waals surface area (Å²) in [5.74, 6) is 0. The summed E-state index contributed by atoms with van der Waals surface area (Å²) in [6.07, 6.45) is -4.32. The largest absolute Gasteiger partial charge is 0.416 e. The van der Waals surface area contributed by atoms with Gasteiger partial charge in [0.15, 0.2) is 0 Å². The molecule has 0 bridgehead atoms. The van der Waals surface area contributed by atoms with Gasteiger partial charge in [-0.25, -0.2) is 9.36 Å². The minimum absolute atomic E-state index is 0.101. The SMILES string of the molecule is CCc1c(Cl)[nH]c(=O)n(-c2cccc(C(F)(F)F)c2)c1=O. The molecule has 0 fully saturated rings. The summed E-state index contributed by atoms with van der Waals surface area (Å²) < 4.78 is 38.7. The number of H-pyrrole nitrogens is 1. The number of aromatic amines is 1. The average Bonchev–Trinajstić information content (AvgIpc) is 2.38. The monoisotopic (exact) mass is 318 g/mol. The smallest absolute Gasteiger partial charge is 0.297 e. The van der Waals surface area contributed by atoms with Gasteiger partial charge in [0.25, 0.3) is 5.56 Å². The van der Waals surface area contributed by atoms with Gasteiger partial charge in [-0.1, -0.05) is 24.6 Å². The van der Waals surface area contributed by atoms with Crippen molar-refractivity contribution in [3.8, 4) is 5.69 Å². The molecule has 0 unspecified atom stereocenters. The molecular weight excluding hydrogens is 309 g/mol. The molecule has 0 radical (unpaired) electrons. The molecule has 0 atom stereocenters. The van der Waals surface area contributed by atoms with Gasteiger partial charge in [-0.15, -0.1) is 0 Å². The molecule has 0 amide bonds. The second-order valence-corrected chi connectivity index (χ2v) is 4.64. The highest BCUT2D eigenvalue weighted by atomic mass is 35.5. The van der Waals surface area contributed by atoms with E-state index >= 15 is 0 Å². The summed E-state index contributed by atoms with van der Waals surface area (Å²) in [5, 5.41) is -0.101. The lowest BCUT2D eigenvalue weighted by atomic mass is 10.2. The van der Waals surface area contributed by atoms with Crippen LogP contribution in [0.25, 0.3) is 5.69 Å². The molecular formula is C13H10ClF3N2O2. The first-order valence-electron chi connectivity index (χ1n) is 5.97. The van der Waals surface area contributed by atoms with E-state index in [-0.39, 0.29) is 22.8 Å². The maximum atomic E-state index is 12.7. The van der Waals surface area contributed by atoms with E-state index in [0.717, 1.165) is 18.2 Å². The molecule has 1 heterocycles. The minimum Gasteiger partial charge on any atom is -0.297 e. The first-order valence-corrected chi connectivity index (χ1v) is 6.34. The molecule has 0 aliphatic carbocycles. The molecule has 0 saturated heterocycles. The van der Waals surface area contributed by atoms with Crippen LogP contribution in [0.1, 0.15) is 18.1 Å². The van der Waals surface area contributed by atoms with Gasteiger partial charge in [-0.05, 0) is 24.6 Å². The Morgan fingerprint density at radius 3 is 2.52 bits per heavy atom. The molecule has 8 heteroatoms. The molecule has 2 rings (SSSR count). The average molecular weight is 319 g/mol. The quantitative estimate of drug-likeness (QED) is 0.866. The summed E-state index contributed by atoms with van der Waals surface area (Å²) in [6, 6.07) is 3.98. The van der Waals surface area contributed by atoms with E-state index < -0.39 is 23.0 Å². The fraction of sp³-hybridized carbons (Fsp3) is 0.231. The molecule has 4 nitrogen and oxygen atoms in total. The molecule has 1 aromatic carbocycles. The van der Waals surface area contributed by atoms with Crippen LogP contribution >= 0.6 is 11.6 Å². The van der Waals surface area contributed by atoms with Gasteiger partial charge in [0.1, 0.15) is 5.15 Å². The van der Waals surface area contributed by atoms with Crippen LogP contribution in [0.5, 0.6) is 0 Å². The third kappa shape index (κ3) is 2.87. The number of nitrogens with zero attached hydrogens (tertiary/aromatic N) is 1. The van der Waals surface area contributed by atoms with Crippen molar-refractivity contribution in [3.63, 3.8) is 0 Å². The number of aromatic nitrogens is 2. The Morgan fingerprint density at radius 2 is 1.95 bits per heavy atom. The van der Waals surface area contributed by atoms with Crippen LogP contribution in [0.2, 0.25) is 5.15 Å². The number of alkyl halides is 3. The van der Waals surface area contributed by atoms with Crippen molar-refractivity contribution in [3.05, 3.63) is 61.4 Å². The lowest BCUT2D eigenvalue weighted by Gasteiger charge is -2.11. The van der Waals surface area contributed by atoms with Crippen molar-refractivity contribution in [2.24, 2.45) is 0 Å². The molecule has 1 N–H and O–H groups in total. The first kappa shape index (κ1) is 15.4. The van der Waals surface area contributed by atoms with Crippen LogP contribution in [0.3, 0.4) is 0 Å². The zero-order valence-corrected chi connectivity index (χ0v) is 11.5. The van der Waals surface area contributed by atoms with E-state index in [2.05, 4.69) is 4.98 Å². The van der Waals surface area contributed by atoms with Gasteiger partial charge >= 0.3 is 11.9 Å². The van der Waals surface area contributed by atoms with Crippen molar-refractivity contribution < 1.29 is 13.2 Å². The normalized spacial score (nSPS) is 11.7. The molecule has 1 aromatic heterocycles. The van der Waals surface area contributed by atoms with Crippen molar-refractivity contribution in [1.29, 1.82) is 0 Å². The van der Waals surface area contributed by atoms with E-state index in [0.29, 0.717) is 4.57 Å². The third-order valence-corrected chi connectivity index (χ3v) is 3.25. The van der Waals surface area contributed by atoms with Gasteiger partial charge in [0.2, 0.25) is 0 Å². The van der Waals surface area contributed by atoms with Crippen molar-refractivity contribution in [1.82, 2.24) is 9.55 Å². The summed E-state index contributed by atoms with van der Waals surface area (Å²) in [5.41, 5.74) is -2.59. The molecule has 0 aliphatic heterocycles. The lowest BCUT2D eigenvalue weighted by Crippen LogP contribution is -2.36. The van der Waals surface area contributed by atoms with Crippen LogP contribution in [-0.2, 0) is 12.6 Å². The Morgan fingerprint density at radius 1 is 1.29 bits per heavy atom. The standard InChI is InChI=1S/C13H10ClF3N2O2/c1-2-9-10(14)18-12(21)19(11(9)20)8-5-3-4-7(6-8)13(15,16)17/h3-6H,2H2,1H3,(H,18,21). The number of hydrogen-bond donors (Lipinski definition) is 1. The highest BCUT2D eigenvalue weighted by Gasteiger charge is 2.30. The Balaban J connectivity index is 2.74. The molecule has 0 spiro atoms.